The second kappa shape index (κ2) is 6.91. The van der Waals surface area contributed by atoms with Gasteiger partial charge in [0.25, 0.3) is 0 Å². The van der Waals surface area contributed by atoms with Crippen LogP contribution in [0.5, 0.6) is 0 Å². The van der Waals surface area contributed by atoms with Gasteiger partial charge in [0.15, 0.2) is 0 Å². The lowest BCUT2D eigenvalue weighted by Crippen LogP contribution is -2.11. The minimum atomic E-state index is -0.737. The average Bonchev–Trinajstić information content (AvgIpc) is 2.29. The topological polar surface area (TPSA) is 55.4 Å². The number of para-hydroxylation sites is 1. The summed E-state index contributed by atoms with van der Waals surface area (Å²) < 4.78 is 5.06. The molecule has 0 heterocycles. The highest BCUT2D eigenvalue weighted by molar-refractivity contribution is 6.65. The van der Waals surface area contributed by atoms with Gasteiger partial charge in [-0.25, -0.2) is 4.79 Å². The molecule has 0 saturated heterocycles. The van der Waals surface area contributed by atoms with E-state index in [1.165, 1.54) is 0 Å². The van der Waals surface area contributed by atoms with E-state index in [-0.39, 0.29) is 0 Å². The van der Waals surface area contributed by atoms with Crippen molar-refractivity contribution in [3.63, 3.8) is 0 Å². The lowest BCUT2D eigenvalue weighted by molar-refractivity contribution is 0.0501. The number of carbonyl (C=O) groups is 2. The highest BCUT2D eigenvalue weighted by Gasteiger charge is 2.13. The third-order valence-electron chi connectivity index (χ3n) is 2.11. The Bertz CT molecular complexity index is 406. The minimum Gasteiger partial charge on any atom is -0.462 e. The van der Waals surface area contributed by atoms with E-state index in [0.29, 0.717) is 17.9 Å². The Kier molecular flexibility index (Phi) is 5.49. The van der Waals surface area contributed by atoms with Gasteiger partial charge in [0.05, 0.1) is 17.9 Å². The molecule has 1 aromatic carbocycles. The fourth-order valence-corrected chi connectivity index (χ4v) is 1.36. The Morgan fingerprint density at radius 1 is 1.35 bits per heavy atom. The molecule has 0 atom stereocenters. The first-order chi connectivity index (χ1) is 8.15. The summed E-state index contributed by atoms with van der Waals surface area (Å²) in [6, 6.07) is 6.57. The summed E-state index contributed by atoms with van der Waals surface area (Å²) in [5.74, 6) is -0.459. The van der Waals surface area contributed by atoms with E-state index in [0.717, 1.165) is 12.8 Å². The number of carbonyl (C=O) groups excluding carboxylic acids is 2. The van der Waals surface area contributed by atoms with Gasteiger partial charge in [-0.1, -0.05) is 25.5 Å². The molecular weight excluding hydrogens is 242 g/mol. The van der Waals surface area contributed by atoms with Crippen LogP contribution in [0.4, 0.5) is 10.5 Å². The molecule has 0 unspecified atom stereocenters. The van der Waals surface area contributed by atoms with Gasteiger partial charge < -0.3 is 10.1 Å². The molecule has 17 heavy (non-hydrogen) atoms. The first kappa shape index (κ1) is 13.5. The second-order valence-corrected chi connectivity index (χ2v) is 3.78. The van der Waals surface area contributed by atoms with Gasteiger partial charge in [0.2, 0.25) is 0 Å². The highest BCUT2D eigenvalue weighted by atomic mass is 35.5. The number of benzene rings is 1. The number of hydrogen-bond donors (Lipinski definition) is 1. The predicted octanol–water partition coefficient (Wildman–Crippen LogP) is 3.41. The smallest absolute Gasteiger partial charge is 0.340 e. The van der Waals surface area contributed by atoms with Crippen LogP contribution in [0.15, 0.2) is 24.3 Å². The molecule has 0 aliphatic heterocycles. The average molecular weight is 256 g/mol. The standard InChI is InChI=1S/C12H14ClNO3/c1-2-3-8-17-11(15)9-6-4-5-7-10(9)14-12(13)16/h4-7H,2-3,8H2,1H3,(H,14,16). The molecule has 0 spiro atoms. The van der Waals surface area contributed by atoms with Crippen LogP contribution in [-0.2, 0) is 4.74 Å². The van der Waals surface area contributed by atoms with Crippen molar-refractivity contribution in [1.29, 1.82) is 0 Å². The van der Waals surface area contributed by atoms with Crippen LogP contribution < -0.4 is 5.32 Å². The van der Waals surface area contributed by atoms with Gasteiger partial charge in [-0.2, -0.15) is 0 Å². The molecule has 0 aliphatic rings. The van der Waals surface area contributed by atoms with E-state index in [1.54, 1.807) is 24.3 Å². The maximum absolute atomic E-state index is 11.7. The van der Waals surface area contributed by atoms with Gasteiger partial charge in [0.1, 0.15) is 0 Å². The number of esters is 1. The molecule has 1 aromatic rings. The number of amides is 1. The SMILES string of the molecule is CCCCOC(=O)c1ccccc1NC(=O)Cl. The van der Waals surface area contributed by atoms with Crippen LogP contribution in [-0.4, -0.2) is 17.9 Å². The summed E-state index contributed by atoms with van der Waals surface area (Å²) in [5, 5.41) is 1.63. The van der Waals surface area contributed by atoms with Crippen molar-refractivity contribution >= 4 is 28.6 Å². The third-order valence-corrected chi connectivity index (χ3v) is 2.21. The van der Waals surface area contributed by atoms with E-state index in [4.69, 9.17) is 16.3 Å². The van der Waals surface area contributed by atoms with Crippen LogP contribution in [0.25, 0.3) is 0 Å². The zero-order valence-corrected chi connectivity index (χ0v) is 10.3. The van der Waals surface area contributed by atoms with Crippen molar-refractivity contribution < 1.29 is 14.3 Å². The molecule has 4 nitrogen and oxygen atoms in total. The molecule has 0 fully saturated rings. The number of halogens is 1. The van der Waals surface area contributed by atoms with Crippen molar-refractivity contribution in [2.75, 3.05) is 11.9 Å². The first-order valence-electron chi connectivity index (χ1n) is 5.37. The van der Waals surface area contributed by atoms with Gasteiger partial charge in [0, 0.05) is 0 Å². The molecule has 5 heteroatoms. The molecule has 1 rings (SSSR count). The number of hydrogen-bond acceptors (Lipinski definition) is 3. The second-order valence-electron chi connectivity index (χ2n) is 3.43. The van der Waals surface area contributed by atoms with Crippen LogP contribution in [0.3, 0.4) is 0 Å². The molecule has 0 saturated carbocycles. The van der Waals surface area contributed by atoms with Crippen molar-refractivity contribution in [3.8, 4) is 0 Å². The highest BCUT2D eigenvalue weighted by Crippen LogP contribution is 2.16. The number of anilines is 1. The molecule has 1 amide bonds. The molecule has 92 valence electrons. The zero-order valence-electron chi connectivity index (χ0n) is 9.53. The fraction of sp³-hybridized carbons (Fsp3) is 0.333. The van der Waals surface area contributed by atoms with E-state index in [1.807, 2.05) is 6.92 Å². The third kappa shape index (κ3) is 4.44. The first-order valence-corrected chi connectivity index (χ1v) is 5.75. The maximum Gasteiger partial charge on any atom is 0.340 e. The largest absolute Gasteiger partial charge is 0.462 e. The van der Waals surface area contributed by atoms with Crippen LogP contribution in [0.2, 0.25) is 0 Å². The Labute approximate surface area is 105 Å². The molecule has 0 radical (unpaired) electrons. The lowest BCUT2D eigenvalue weighted by Gasteiger charge is -2.08. The Morgan fingerprint density at radius 3 is 2.71 bits per heavy atom. The fourth-order valence-electron chi connectivity index (χ4n) is 1.26. The van der Waals surface area contributed by atoms with Gasteiger partial charge in [-0.15, -0.1) is 0 Å². The summed E-state index contributed by atoms with van der Waals surface area (Å²) >= 11 is 5.21. The molecular formula is C12H14ClNO3. The van der Waals surface area contributed by atoms with Crippen molar-refractivity contribution in [2.45, 2.75) is 19.8 Å². The summed E-state index contributed by atoms with van der Waals surface area (Å²) in [7, 11) is 0. The molecule has 1 N–H and O–H groups in total. The molecule has 0 aliphatic carbocycles. The van der Waals surface area contributed by atoms with E-state index >= 15 is 0 Å². The van der Waals surface area contributed by atoms with E-state index in [9.17, 15) is 9.59 Å². The monoisotopic (exact) mass is 255 g/mol. The van der Waals surface area contributed by atoms with Crippen LogP contribution >= 0.6 is 11.6 Å². The molecule has 0 aromatic heterocycles. The van der Waals surface area contributed by atoms with Crippen molar-refractivity contribution in [2.24, 2.45) is 0 Å². The number of rotatable bonds is 5. The predicted molar refractivity (Wildman–Crippen MR) is 66.5 cm³/mol. The molecule has 0 bridgehead atoms. The maximum atomic E-state index is 11.7. The van der Waals surface area contributed by atoms with Crippen molar-refractivity contribution in [1.82, 2.24) is 0 Å². The number of unbranched alkanes of at least 4 members (excludes halogenated alkanes) is 1. The lowest BCUT2D eigenvalue weighted by atomic mass is 10.2. The van der Waals surface area contributed by atoms with E-state index < -0.39 is 11.3 Å². The Hall–Kier alpha value is -1.55. The van der Waals surface area contributed by atoms with Gasteiger partial charge in [-0.3, -0.25) is 4.79 Å². The summed E-state index contributed by atoms with van der Waals surface area (Å²) in [6.07, 6.45) is 1.77. The van der Waals surface area contributed by atoms with Crippen LogP contribution in [0.1, 0.15) is 30.1 Å². The van der Waals surface area contributed by atoms with E-state index in [2.05, 4.69) is 5.32 Å². The van der Waals surface area contributed by atoms with Crippen LogP contribution in [0, 0.1) is 0 Å². The van der Waals surface area contributed by atoms with Crippen molar-refractivity contribution in [3.05, 3.63) is 29.8 Å². The van der Waals surface area contributed by atoms with Gasteiger partial charge >= 0.3 is 11.3 Å². The normalized spacial score (nSPS) is 9.76. The Morgan fingerprint density at radius 2 is 2.06 bits per heavy atom. The number of nitrogens with one attached hydrogen (secondary N) is 1. The summed E-state index contributed by atoms with van der Waals surface area (Å²) in [6.45, 7) is 2.38. The minimum absolute atomic E-state index is 0.303. The summed E-state index contributed by atoms with van der Waals surface area (Å²) in [4.78, 5) is 22.5. The quantitative estimate of drug-likeness (QED) is 0.380. The Balaban J connectivity index is 2.74. The zero-order chi connectivity index (χ0) is 12.7. The number of ether oxygens (including phenoxy) is 1. The van der Waals surface area contributed by atoms with Gasteiger partial charge in [-0.05, 0) is 30.2 Å². The summed E-state index contributed by atoms with van der Waals surface area (Å²) in [5.41, 5.74) is 0.659.